The SMILES string of the molecule is CN1C(=O)c2c(nn(Cc3ccc(-c4ccc(F)cc4)cc3)c2Nc2ccccc2)N2C1=N[C@@H]1CCC[C@@H]12. The predicted octanol–water partition coefficient (Wildman–Crippen LogP) is 5.66. The lowest BCUT2D eigenvalue weighted by Gasteiger charge is -2.34. The summed E-state index contributed by atoms with van der Waals surface area (Å²) < 4.78 is 15.2. The lowest BCUT2D eigenvalue weighted by atomic mass is 10.0. The average molecular weight is 507 g/mol. The summed E-state index contributed by atoms with van der Waals surface area (Å²) in [4.78, 5) is 22.4. The zero-order chi connectivity index (χ0) is 25.8. The second-order valence-electron chi connectivity index (χ2n) is 10.1. The van der Waals surface area contributed by atoms with Crippen LogP contribution in [0.3, 0.4) is 0 Å². The number of nitrogens with zero attached hydrogens (tertiary/aromatic N) is 5. The lowest BCUT2D eigenvalue weighted by Crippen LogP contribution is -2.51. The van der Waals surface area contributed by atoms with Gasteiger partial charge >= 0.3 is 0 Å². The first-order chi connectivity index (χ1) is 18.6. The van der Waals surface area contributed by atoms with E-state index < -0.39 is 0 Å². The number of aromatic nitrogens is 2. The maximum absolute atomic E-state index is 13.7. The Morgan fingerprint density at radius 2 is 1.66 bits per heavy atom. The van der Waals surface area contributed by atoms with E-state index in [0.717, 1.165) is 41.6 Å². The molecule has 0 bridgehead atoms. The number of carbonyl (C=O) groups excluding carboxylic acids is 1. The van der Waals surface area contributed by atoms with Crippen molar-refractivity contribution in [3.05, 3.63) is 95.8 Å². The Bertz CT molecular complexity index is 1540. The number of anilines is 3. The molecular formula is C30H27FN6O. The summed E-state index contributed by atoms with van der Waals surface area (Å²) in [6.45, 7) is 0.483. The van der Waals surface area contributed by atoms with E-state index >= 15 is 0 Å². The standard InChI is InChI=1S/C30H27FN6O/c1-35-29(38)26-27(32-23-6-3-2-4-7-23)36(34-28(26)37-25-9-5-8-24(25)33-30(35)37)18-19-10-12-20(13-11-19)21-14-16-22(31)17-15-21/h2-4,6-7,10-17,24-25,32H,5,8-9,18H2,1H3/t24-,25+/m1/s1. The minimum absolute atomic E-state index is 0.105. The molecule has 1 N–H and O–H groups in total. The van der Waals surface area contributed by atoms with Gasteiger partial charge in [0, 0.05) is 12.7 Å². The van der Waals surface area contributed by atoms with E-state index in [2.05, 4.69) is 22.3 Å². The summed E-state index contributed by atoms with van der Waals surface area (Å²) in [5.74, 6) is 1.71. The number of fused-ring (bicyclic) bond motifs is 5. The van der Waals surface area contributed by atoms with Crippen LogP contribution in [-0.2, 0) is 6.54 Å². The van der Waals surface area contributed by atoms with Crippen molar-refractivity contribution >= 4 is 29.2 Å². The highest BCUT2D eigenvalue weighted by Gasteiger charge is 2.49. The number of para-hydroxylation sites is 1. The monoisotopic (exact) mass is 506 g/mol. The van der Waals surface area contributed by atoms with Crippen LogP contribution >= 0.6 is 0 Å². The highest BCUT2D eigenvalue weighted by atomic mass is 19.1. The minimum Gasteiger partial charge on any atom is -0.340 e. The number of aliphatic imine (C=N–C) groups is 1. The third-order valence-electron chi connectivity index (χ3n) is 7.75. The molecule has 0 spiro atoms. The largest absolute Gasteiger partial charge is 0.340 e. The van der Waals surface area contributed by atoms with Gasteiger partial charge in [0.15, 0.2) is 5.82 Å². The Morgan fingerprint density at radius 3 is 2.39 bits per heavy atom. The van der Waals surface area contributed by atoms with Crippen molar-refractivity contribution in [2.45, 2.75) is 37.9 Å². The third-order valence-corrected chi connectivity index (χ3v) is 7.75. The maximum atomic E-state index is 13.7. The molecule has 1 saturated carbocycles. The molecule has 190 valence electrons. The van der Waals surface area contributed by atoms with Crippen LogP contribution in [0.1, 0.15) is 35.2 Å². The molecule has 2 aliphatic heterocycles. The fourth-order valence-electron chi connectivity index (χ4n) is 5.82. The van der Waals surface area contributed by atoms with Gasteiger partial charge in [0.1, 0.15) is 17.2 Å². The fourth-order valence-corrected chi connectivity index (χ4v) is 5.82. The Kier molecular flexibility index (Phi) is 5.28. The van der Waals surface area contributed by atoms with Crippen LogP contribution < -0.4 is 10.2 Å². The fraction of sp³-hybridized carbons (Fsp3) is 0.233. The molecular weight excluding hydrogens is 479 g/mol. The van der Waals surface area contributed by atoms with E-state index in [1.807, 2.05) is 47.1 Å². The molecule has 7 nitrogen and oxygen atoms in total. The van der Waals surface area contributed by atoms with Crippen LogP contribution in [0, 0.1) is 5.82 Å². The average Bonchev–Trinajstić information content (AvgIpc) is 3.63. The maximum Gasteiger partial charge on any atom is 0.267 e. The summed E-state index contributed by atoms with van der Waals surface area (Å²) in [6.07, 6.45) is 3.21. The Labute approximate surface area is 220 Å². The number of rotatable bonds is 5. The van der Waals surface area contributed by atoms with Crippen LogP contribution in [0.5, 0.6) is 0 Å². The molecule has 0 unspecified atom stereocenters. The van der Waals surface area contributed by atoms with Gasteiger partial charge in [-0.1, -0.05) is 54.6 Å². The Hall–Kier alpha value is -4.46. The van der Waals surface area contributed by atoms with E-state index in [4.69, 9.17) is 10.1 Å². The number of carbonyl (C=O) groups is 1. The van der Waals surface area contributed by atoms with Gasteiger partial charge in [-0.05, 0) is 60.2 Å². The smallest absolute Gasteiger partial charge is 0.267 e. The van der Waals surface area contributed by atoms with Gasteiger partial charge in [-0.25, -0.2) is 14.1 Å². The number of nitrogens with one attached hydrogen (secondary N) is 1. The third kappa shape index (κ3) is 3.67. The van der Waals surface area contributed by atoms with E-state index in [9.17, 15) is 9.18 Å². The van der Waals surface area contributed by atoms with Crippen LogP contribution in [0.2, 0.25) is 0 Å². The highest BCUT2D eigenvalue weighted by molar-refractivity contribution is 6.21. The van der Waals surface area contributed by atoms with E-state index in [1.165, 1.54) is 12.1 Å². The zero-order valence-corrected chi connectivity index (χ0v) is 21.0. The van der Waals surface area contributed by atoms with Crippen molar-refractivity contribution in [3.8, 4) is 11.1 Å². The first-order valence-corrected chi connectivity index (χ1v) is 13.0. The summed E-state index contributed by atoms with van der Waals surface area (Å²) in [7, 11) is 1.80. The van der Waals surface area contributed by atoms with Gasteiger partial charge in [0.05, 0.1) is 18.6 Å². The molecule has 8 heteroatoms. The summed E-state index contributed by atoms with van der Waals surface area (Å²) in [5, 5.41) is 8.52. The molecule has 1 aliphatic carbocycles. The molecule has 3 heterocycles. The predicted molar refractivity (Wildman–Crippen MR) is 146 cm³/mol. The van der Waals surface area contributed by atoms with Gasteiger partial charge in [-0.15, -0.1) is 0 Å². The number of hydrogen-bond acceptors (Lipinski definition) is 5. The second-order valence-corrected chi connectivity index (χ2v) is 10.1. The van der Waals surface area contributed by atoms with Crippen molar-refractivity contribution < 1.29 is 9.18 Å². The summed E-state index contributed by atoms with van der Waals surface area (Å²) in [6, 6.07) is 25.0. The Morgan fingerprint density at radius 1 is 0.947 bits per heavy atom. The van der Waals surface area contributed by atoms with Crippen LogP contribution in [0.15, 0.2) is 83.9 Å². The molecule has 3 aliphatic rings. The van der Waals surface area contributed by atoms with Gasteiger partial charge in [0.2, 0.25) is 5.96 Å². The van der Waals surface area contributed by atoms with Gasteiger partial charge in [-0.3, -0.25) is 14.6 Å². The first kappa shape index (κ1) is 22.7. The molecule has 0 saturated heterocycles. The second kappa shape index (κ2) is 8.83. The summed E-state index contributed by atoms with van der Waals surface area (Å²) in [5.41, 5.74) is 4.48. The van der Waals surface area contributed by atoms with Crippen LogP contribution in [-0.4, -0.2) is 45.7 Å². The molecule has 2 atom stereocenters. The lowest BCUT2D eigenvalue weighted by molar-refractivity contribution is 0.0866. The van der Waals surface area contributed by atoms with Crippen molar-refractivity contribution in [1.82, 2.24) is 14.7 Å². The number of halogens is 1. The molecule has 38 heavy (non-hydrogen) atoms. The quantitative estimate of drug-likeness (QED) is 0.379. The van der Waals surface area contributed by atoms with Gasteiger partial charge < -0.3 is 5.32 Å². The van der Waals surface area contributed by atoms with Crippen molar-refractivity contribution in [2.24, 2.45) is 4.99 Å². The molecule has 1 fully saturated rings. The molecule has 0 radical (unpaired) electrons. The van der Waals surface area contributed by atoms with Crippen molar-refractivity contribution in [3.63, 3.8) is 0 Å². The minimum atomic E-state index is -0.248. The number of hydrogen-bond donors (Lipinski definition) is 1. The molecule has 1 amide bonds. The number of guanidine groups is 1. The number of benzene rings is 3. The molecule has 7 rings (SSSR count). The van der Waals surface area contributed by atoms with E-state index in [1.54, 1.807) is 24.1 Å². The molecule has 3 aromatic carbocycles. The summed E-state index contributed by atoms with van der Waals surface area (Å²) >= 11 is 0. The van der Waals surface area contributed by atoms with E-state index in [0.29, 0.717) is 29.7 Å². The first-order valence-electron chi connectivity index (χ1n) is 13.0. The van der Waals surface area contributed by atoms with Crippen molar-refractivity contribution in [2.75, 3.05) is 17.3 Å². The number of amides is 1. The van der Waals surface area contributed by atoms with Crippen LogP contribution in [0.4, 0.5) is 21.7 Å². The van der Waals surface area contributed by atoms with E-state index in [-0.39, 0.29) is 23.8 Å². The highest BCUT2D eigenvalue weighted by Crippen LogP contribution is 2.43. The molecule has 1 aromatic heterocycles. The van der Waals surface area contributed by atoms with Crippen molar-refractivity contribution in [1.29, 1.82) is 0 Å². The zero-order valence-electron chi connectivity index (χ0n) is 21.0. The Balaban J connectivity index is 1.29. The molecule has 4 aromatic rings. The van der Waals surface area contributed by atoms with Crippen LogP contribution in [0.25, 0.3) is 11.1 Å². The topological polar surface area (TPSA) is 65.8 Å². The normalized spacial score (nSPS) is 19.7. The van der Waals surface area contributed by atoms with Gasteiger partial charge in [-0.2, -0.15) is 5.10 Å². The van der Waals surface area contributed by atoms with Gasteiger partial charge in [0.25, 0.3) is 5.91 Å².